The van der Waals surface area contributed by atoms with Gasteiger partial charge in [-0.15, -0.1) is 0 Å². The molecule has 0 aliphatic heterocycles. The summed E-state index contributed by atoms with van der Waals surface area (Å²) in [6, 6.07) is 0. The van der Waals surface area contributed by atoms with Gasteiger partial charge in [0.1, 0.15) is 5.82 Å². The summed E-state index contributed by atoms with van der Waals surface area (Å²) in [4.78, 5) is 8.44. The predicted octanol–water partition coefficient (Wildman–Crippen LogP) is 2.24. The fourth-order valence-electron chi connectivity index (χ4n) is 0.960. The van der Waals surface area contributed by atoms with E-state index in [2.05, 4.69) is 32.8 Å². The lowest BCUT2D eigenvalue weighted by molar-refractivity contribution is 0.923. The van der Waals surface area contributed by atoms with Crippen LogP contribution in [-0.2, 0) is 11.8 Å². The number of halogens is 1. The van der Waals surface area contributed by atoms with Crippen LogP contribution in [-0.4, -0.2) is 9.97 Å². The van der Waals surface area contributed by atoms with Crippen LogP contribution >= 0.6 is 15.9 Å². The minimum Gasteiger partial charge on any atom is -0.241 e. The predicted molar refractivity (Wildman–Crippen MR) is 48.8 cm³/mol. The number of aryl methyl sites for hydroxylation is 2. The summed E-state index contributed by atoms with van der Waals surface area (Å²) < 4.78 is 0. The molecule has 0 spiro atoms. The maximum absolute atomic E-state index is 4.32. The topological polar surface area (TPSA) is 25.8 Å². The van der Waals surface area contributed by atoms with Gasteiger partial charge in [-0.05, 0) is 13.3 Å². The number of aromatic nitrogens is 2. The molecule has 3 heteroatoms. The zero-order valence-electron chi connectivity index (χ0n) is 6.76. The molecular formula is C8H11BrN2. The Bertz CT molecular complexity index is 248. The SMILES string of the molecule is CCc1nc(C)ncc1CBr. The first-order valence-electron chi connectivity index (χ1n) is 3.65. The maximum atomic E-state index is 4.32. The van der Waals surface area contributed by atoms with Gasteiger partial charge in [-0.25, -0.2) is 9.97 Å². The van der Waals surface area contributed by atoms with Crippen molar-refractivity contribution < 1.29 is 0 Å². The average Bonchev–Trinajstić information content (AvgIpc) is 2.04. The molecule has 0 fully saturated rings. The quantitative estimate of drug-likeness (QED) is 0.707. The van der Waals surface area contributed by atoms with Crippen molar-refractivity contribution in [3.8, 4) is 0 Å². The summed E-state index contributed by atoms with van der Waals surface area (Å²) in [5, 5.41) is 0.844. The number of hydrogen-bond donors (Lipinski definition) is 0. The molecule has 0 aliphatic carbocycles. The van der Waals surface area contributed by atoms with Crippen LogP contribution in [0.25, 0.3) is 0 Å². The van der Waals surface area contributed by atoms with Crippen molar-refractivity contribution in [1.82, 2.24) is 9.97 Å². The minimum atomic E-state index is 0.844. The van der Waals surface area contributed by atoms with Crippen molar-refractivity contribution in [2.75, 3.05) is 0 Å². The lowest BCUT2D eigenvalue weighted by Gasteiger charge is -2.02. The normalized spacial score (nSPS) is 10.1. The largest absolute Gasteiger partial charge is 0.241 e. The second kappa shape index (κ2) is 3.81. The highest BCUT2D eigenvalue weighted by Gasteiger charge is 2.00. The third kappa shape index (κ3) is 1.99. The molecule has 0 saturated carbocycles. The van der Waals surface area contributed by atoms with Crippen LogP contribution in [0, 0.1) is 6.92 Å². The maximum Gasteiger partial charge on any atom is 0.125 e. The Morgan fingerprint density at radius 1 is 1.55 bits per heavy atom. The molecule has 1 rings (SSSR count). The van der Waals surface area contributed by atoms with Gasteiger partial charge >= 0.3 is 0 Å². The molecule has 60 valence electrons. The van der Waals surface area contributed by atoms with E-state index < -0.39 is 0 Å². The Kier molecular flexibility index (Phi) is 3.00. The highest BCUT2D eigenvalue weighted by molar-refractivity contribution is 9.08. The van der Waals surface area contributed by atoms with E-state index in [0.29, 0.717) is 0 Å². The second-order valence-corrected chi connectivity index (χ2v) is 2.94. The molecule has 0 atom stereocenters. The molecule has 2 nitrogen and oxygen atoms in total. The van der Waals surface area contributed by atoms with E-state index in [1.165, 1.54) is 5.56 Å². The fraction of sp³-hybridized carbons (Fsp3) is 0.500. The van der Waals surface area contributed by atoms with Gasteiger partial charge < -0.3 is 0 Å². The molecule has 0 radical (unpaired) electrons. The number of alkyl halides is 1. The van der Waals surface area contributed by atoms with Crippen LogP contribution in [0.5, 0.6) is 0 Å². The van der Waals surface area contributed by atoms with E-state index in [9.17, 15) is 0 Å². The Balaban J connectivity index is 3.06. The van der Waals surface area contributed by atoms with Crippen LogP contribution in [0.15, 0.2) is 6.20 Å². The lowest BCUT2D eigenvalue weighted by Crippen LogP contribution is -1.98. The average molecular weight is 215 g/mol. The molecule has 0 aliphatic rings. The Hall–Kier alpha value is -0.440. The summed E-state index contributed by atoms with van der Waals surface area (Å²) >= 11 is 3.39. The first-order valence-corrected chi connectivity index (χ1v) is 4.77. The van der Waals surface area contributed by atoms with Crippen LogP contribution in [0.4, 0.5) is 0 Å². The Labute approximate surface area is 75.2 Å². The molecule has 1 aromatic heterocycles. The Morgan fingerprint density at radius 2 is 2.27 bits per heavy atom. The van der Waals surface area contributed by atoms with Crippen molar-refractivity contribution in [2.45, 2.75) is 25.6 Å². The summed E-state index contributed by atoms with van der Waals surface area (Å²) in [6.07, 6.45) is 2.86. The molecule has 0 unspecified atom stereocenters. The molecule has 0 saturated heterocycles. The monoisotopic (exact) mass is 214 g/mol. The van der Waals surface area contributed by atoms with Crippen molar-refractivity contribution in [3.63, 3.8) is 0 Å². The van der Waals surface area contributed by atoms with Gasteiger partial charge in [-0.3, -0.25) is 0 Å². The highest BCUT2D eigenvalue weighted by atomic mass is 79.9. The van der Waals surface area contributed by atoms with Crippen molar-refractivity contribution in [3.05, 3.63) is 23.3 Å². The summed E-state index contributed by atoms with van der Waals surface area (Å²) in [6.45, 7) is 4.02. The molecule has 0 bridgehead atoms. The fourth-order valence-corrected chi connectivity index (χ4v) is 1.43. The summed E-state index contributed by atoms with van der Waals surface area (Å²) in [5.41, 5.74) is 2.34. The van der Waals surface area contributed by atoms with Gasteiger partial charge in [0, 0.05) is 22.8 Å². The van der Waals surface area contributed by atoms with Crippen molar-refractivity contribution in [1.29, 1.82) is 0 Å². The highest BCUT2D eigenvalue weighted by Crippen LogP contribution is 2.09. The third-order valence-electron chi connectivity index (χ3n) is 1.55. The van der Waals surface area contributed by atoms with Crippen molar-refractivity contribution in [2.24, 2.45) is 0 Å². The molecular weight excluding hydrogens is 204 g/mol. The molecule has 1 heterocycles. The summed E-state index contributed by atoms with van der Waals surface area (Å²) in [5.74, 6) is 0.853. The van der Waals surface area contributed by atoms with Crippen LogP contribution in [0.3, 0.4) is 0 Å². The molecule has 1 aromatic rings. The van der Waals surface area contributed by atoms with Gasteiger partial charge in [-0.2, -0.15) is 0 Å². The molecule has 0 aromatic carbocycles. The van der Waals surface area contributed by atoms with Crippen LogP contribution in [0.1, 0.15) is 24.0 Å². The van der Waals surface area contributed by atoms with Gasteiger partial charge in [0.25, 0.3) is 0 Å². The van der Waals surface area contributed by atoms with Crippen LogP contribution in [0.2, 0.25) is 0 Å². The van der Waals surface area contributed by atoms with Gasteiger partial charge in [0.15, 0.2) is 0 Å². The van der Waals surface area contributed by atoms with Crippen LogP contribution < -0.4 is 0 Å². The number of nitrogens with zero attached hydrogens (tertiary/aromatic N) is 2. The first-order chi connectivity index (χ1) is 5.27. The molecule has 0 N–H and O–H groups in total. The minimum absolute atomic E-state index is 0.844. The standard InChI is InChI=1S/C8H11BrN2/c1-3-8-7(4-9)5-10-6(2)11-8/h5H,3-4H2,1-2H3. The first kappa shape index (κ1) is 8.65. The zero-order valence-corrected chi connectivity index (χ0v) is 8.35. The third-order valence-corrected chi connectivity index (χ3v) is 2.16. The zero-order chi connectivity index (χ0) is 8.27. The van der Waals surface area contributed by atoms with Crippen molar-refractivity contribution >= 4 is 15.9 Å². The lowest BCUT2D eigenvalue weighted by atomic mass is 10.2. The van der Waals surface area contributed by atoms with E-state index >= 15 is 0 Å². The van der Waals surface area contributed by atoms with Gasteiger partial charge in [0.05, 0.1) is 0 Å². The van der Waals surface area contributed by atoms with Gasteiger partial charge in [-0.1, -0.05) is 22.9 Å². The smallest absolute Gasteiger partial charge is 0.125 e. The molecule has 11 heavy (non-hydrogen) atoms. The van der Waals surface area contributed by atoms with E-state index in [4.69, 9.17) is 0 Å². The van der Waals surface area contributed by atoms with Gasteiger partial charge in [0.2, 0.25) is 0 Å². The van der Waals surface area contributed by atoms with E-state index in [1.807, 2.05) is 13.1 Å². The van der Waals surface area contributed by atoms with E-state index in [0.717, 1.165) is 23.3 Å². The van der Waals surface area contributed by atoms with E-state index in [1.54, 1.807) is 0 Å². The molecule has 0 amide bonds. The van der Waals surface area contributed by atoms with E-state index in [-0.39, 0.29) is 0 Å². The number of rotatable bonds is 2. The Morgan fingerprint density at radius 3 is 2.82 bits per heavy atom. The second-order valence-electron chi connectivity index (χ2n) is 2.38. The summed E-state index contributed by atoms with van der Waals surface area (Å²) in [7, 11) is 0. The number of hydrogen-bond acceptors (Lipinski definition) is 2.